The lowest BCUT2D eigenvalue weighted by Crippen LogP contribution is -2.42. The van der Waals surface area contributed by atoms with Gasteiger partial charge in [-0.25, -0.2) is 0 Å². The van der Waals surface area contributed by atoms with Crippen LogP contribution in [0.2, 0.25) is 0 Å². The Balaban J connectivity index is 0.00000304. The fourth-order valence-corrected chi connectivity index (χ4v) is 5.61. The number of alkyl halides is 3. The van der Waals surface area contributed by atoms with Gasteiger partial charge in [0.25, 0.3) is 5.91 Å². The number of nitrogens with zero attached hydrogens (tertiary/aromatic N) is 4. The van der Waals surface area contributed by atoms with Gasteiger partial charge in [-0.1, -0.05) is 18.2 Å². The number of nitrogens with two attached hydrogens (primary N) is 1. The second kappa shape index (κ2) is 10.4. The van der Waals surface area contributed by atoms with Crippen molar-refractivity contribution in [2.45, 2.75) is 62.7 Å². The van der Waals surface area contributed by atoms with Gasteiger partial charge >= 0.3 is 6.18 Å². The Morgan fingerprint density at radius 2 is 1.72 bits per heavy atom. The van der Waals surface area contributed by atoms with Gasteiger partial charge in [-0.3, -0.25) is 14.3 Å². The minimum absolute atomic E-state index is 0. The third-order valence-electron chi connectivity index (χ3n) is 7.50. The molecular formula is C25H31ClF3N5O2. The molecule has 1 aromatic carbocycles. The molecule has 5 rings (SSSR count). The molecule has 2 saturated heterocycles. The fraction of sp³-hybridized carbons (Fsp3) is 0.560. The molecule has 0 radical (unpaired) electrons. The highest BCUT2D eigenvalue weighted by Gasteiger charge is 2.41. The zero-order valence-electron chi connectivity index (χ0n) is 19.9. The Morgan fingerprint density at radius 3 is 2.36 bits per heavy atom. The Hall–Kier alpha value is -2.59. The van der Waals surface area contributed by atoms with E-state index >= 15 is 0 Å². The van der Waals surface area contributed by atoms with Crippen molar-refractivity contribution in [1.29, 1.82) is 0 Å². The van der Waals surface area contributed by atoms with Crippen LogP contribution in [0.1, 0.15) is 83.7 Å². The SMILES string of the molecule is Cl.NCC(=O)N1CCC(n2ncc(C(=O)N3CCCC3c3ccccc3C(F)(F)F)c2C2CC2)CC1. The smallest absolute Gasteiger partial charge is 0.341 e. The van der Waals surface area contributed by atoms with Crippen LogP contribution in [0.3, 0.4) is 0 Å². The molecule has 2 aromatic rings. The first-order valence-corrected chi connectivity index (χ1v) is 12.3. The van der Waals surface area contributed by atoms with Crippen LogP contribution in [-0.2, 0) is 11.0 Å². The van der Waals surface area contributed by atoms with Crippen LogP contribution in [-0.4, -0.2) is 57.6 Å². The van der Waals surface area contributed by atoms with Gasteiger partial charge in [0.1, 0.15) is 0 Å². The highest BCUT2D eigenvalue weighted by molar-refractivity contribution is 5.96. The summed E-state index contributed by atoms with van der Waals surface area (Å²) in [7, 11) is 0. The summed E-state index contributed by atoms with van der Waals surface area (Å²) in [4.78, 5) is 29.0. The van der Waals surface area contributed by atoms with Gasteiger partial charge < -0.3 is 15.5 Å². The second-order valence-electron chi connectivity index (χ2n) is 9.72. The van der Waals surface area contributed by atoms with Crippen molar-refractivity contribution >= 4 is 24.2 Å². The molecule has 0 spiro atoms. The van der Waals surface area contributed by atoms with Gasteiger partial charge in [-0.15, -0.1) is 12.4 Å². The molecule has 11 heteroatoms. The lowest BCUT2D eigenvalue weighted by molar-refractivity contribution is -0.138. The van der Waals surface area contributed by atoms with E-state index in [1.54, 1.807) is 22.1 Å². The topological polar surface area (TPSA) is 84.5 Å². The number of halogens is 4. The summed E-state index contributed by atoms with van der Waals surface area (Å²) in [6.45, 7) is 1.60. The minimum atomic E-state index is -4.47. The molecule has 0 bridgehead atoms. The predicted molar refractivity (Wildman–Crippen MR) is 130 cm³/mol. The van der Waals surface area contributed by atoms with Crippen LogP contribution < -0.4 is 5.73 Å². The maximum Gasteiger partial charge on any atom is 0.416 e. The second-order valence-corrected chi connectivity index (χ2v) is 9.72. The van der Waals surface area contributed by atoms with Crippen molar-refractivity contribution in [1.82, 2.24) is 19.6 Å². The molecule has 1 aromatic heterocycles. The number of carbonyl (C=O) groups is 2. The van der Waals surface area contributed by atoms with E-state index in [4.69, 9.17) is 5.73 Å². The number of carbonyl (C=O) groups excluding carboxylic acids is 2. The van der Waals surface area contributed by atoms with Crippen LogP contribution in [0.4, 0.5) is 13.2 Å². The van der Waals surface area contributed by atoms with Gasteiger partial charge in [0, 0.05) is 25.6 Å². The molecule has 196 valence electrons. The van der Waals surface area contributed by atoms with Gasteiger partial charge in [0.05, 0.1) is 41.6 Å². The maximum absolute atomic E-state index is 13.7. The number of likely N-dealkylation sites (tertiary alicyclic amines) is 2. The molecule has 1 aliphatic carbocycles. The average molecular weight is 526 g/mol. The quantitative estimate of drug-likeness (QED) is 0.631. The average Bonchev–Trinajstić information content (AvgIpc) is 3.40. The van der Waals surface area contributed by atoms with E-state index in [2.05, 4.69) is 5.10 Å². The molecule has 7 nitrogen and oxygen atoms in total. The number of hydrogen-bond donors (Lipinski definition) is 1. The molecule has 3 heterocycles. The zero-order valence-corrected chi connectivity index (χ0v) is 20.7. The number of hydrogen-bond acceptors (Lipinski definition) is 4. The normalized spacial score (nSPS) is 20.9. The molecular weight excluding hydrogens is 495 g/mol. The van der Waals surface area contributed by atoms with Crippen LogP contribution in [0.25, 0.3) is 0 Å². The number of rotatable bonds is 5. The summed E-state index contributed by atoms with van der Waals surface area (Å²) in [5.41, 5.74) is 6.37. The first kappa shape index (κ1) is 26.5. The first-order chi connectivity index (χ1) is 16.8. The van der Waals surface area contributed by atoms with Crippen molar-refractivity contribution in [2.24, 2.45) is 5.73 Å². The van der Waals surface area contributed by atoms with Crippen molar-refractivity contribution in [3.63, 3.8) is 0 Å². The molecule has 36 heavy (non-hydrogen) atoms. The highest BCUT2D eigenvalue weighted by Crippen LogP contribution is 2.45. The summed E-state index contributed by atoms with van der Waals surface area (Å²) in [6.07, 6.45) is 1.67. The molecule has 2 amide bonds. The Labute approximate surface area is 214 Å². The van der Waals surface area contributed by atoms with E-state index in [0.29, 0.717) is 38.0 Å². The fourth-order valence-electron chi connectivity index (χ4n) is 5.61. The Bertz CT molecular complexity index is 1110. The van der Waals surface area contributed by atoms with Gasteiger partial charge in [-0.05, 0) is 50.2 Å². The third kappa shape index (κ3) is 4.98. The van der Waals surface area contributed by atoms with E-state index < -0.39 is 17.8 Å². The summed E-state index contributed by atoms with van der Waals surface area (Å²) in [6, 6.07) is 5.03. The lowest BCUT2D eigenvalue weighted by atomic mass is 9.97. The monoisotopic (exact) mass is 525 g/mol. The van der Waals surface area contributed by atoms with Crippen LogP contribution >= 0.6 is 12.4 Å². The maximum atomic E-state index is 13.7. The van der Waals surface area contributed by atoms with E-state index in [0.717, 1.165) is 37.4 Å². The summed E-state index contributed by atoms with van der Waals surface area (Å²) in [5, 5.41) is 4.60. The van der Waals surface area contributed by atoms with Crippen molar-refractivity contribution in [3.8, 4) is 0 Å². The molecule has 1 atom stereocenters. The number of aromatic nitrogens is 2. The van der Waals surface area contributed by atoms with E-state index in [1.165, 1.54) is 12.1 Å². The van der Waals surface area contributed by atoms with E-state index in [9.17, 15) is 22.8 Å². The molecule has 3 fully saturated rings. The standard InChI is InChI=1S/C25H30F3N5O2.ClH/c26-25(27,28)20-5-2-1-4-18(20)21-6-3-11-32(21)24(35)19-15-30-33(23(19)16-7-8-16)17-9-12-31(13-10-17)22(34)14-29;/h1-2,4-5,15-17,21H,3,6-14,29H2;1H. The molecule has 3 aliphatic rings. The van der Waals surface area contributed by atoms with Crippen molar-refractivity contribution in [2.75, 3.05) is 26.2 Å². The number of piperidine rings is 1. The zero-order chi connectivity index (χ0) is 24.7. The minimum Gasteiger partial charge on any atom is -0.341 e. The summed E-state index contributed by atoms with van der Waals surface area (Å²) in [5.74, 6) is -0.0709. The highest BCUT2D eigenvalue weighted by atomic mass is 35.5. The van der Waals surface area contributed by atoms with Crippen molar-refractivity contribution < 1.29 is 22.8 Å². The predicted octanol–water partition coefficient (Wildman–Crippen LogP) is 4.30. The van der Waals surface area contributed by atoms with Gasteiger partial charge in [0.15, 0.2) is 0 Å². The van der Waals surface area contributed by atoms with Gasteiger partial charge in [0.2, 0.25) is 5.91 Å². The Kier molecular flexibility index (Phi) is 7.66. The third-order valence-corrected chi connectivity index (χ3v) is 7.50. The van der Waals surface area contributed by atoms with Crippen molar-refractivity contribution in [3.05, 3.63) is 52.8 Å². The molecule has 2 aliphatic heterocycles. The number of benzene rings is 1. The first-order valence-electron chi connectivity index (χ1n) is 12.3. The van der Waals surface area contributed by atoms with E-state index in [-0.39, 0.29) is 48.3 Å². The van der Waals surface area contributed by atoms with Crippen LogP contribution in [0, 0.1) is 0 Å². The molecule has 1 saturated carbocycles. The summed E-state index contributed by atoms with van der Waals surface area (Å²) < 4.78 is 43.0. The number of amides is 2. The summed E-state index contributed by atoms with van der Waals surface area (Å²) >= 11 is 0. The van der Waals surface area contributed by atoms with Crippen LogP contribution in [0.15, 0.2) is 30.5 Å². The molecule has 2 N–H and O–H groups in total. The lowest BCUT2D eigenvalue weighted by Gasteiger charge is -2.33. The van der Waals surface area contributed by atoms with Gasteiger partial charge in [-0.2, -0.15) is 18.3 Å². The molecule has 1 unspecified atom stereocenters. The van der Waals surface area contributed by atoms with E-state index in [1.807, 2.05) is 4.68 Å². The van der Waals surface area contributed by atoms with Crippen LogP contribution in [0.5, 0.6) is 0 Å². The largest absolute Gasteiger partial charge is 0.416 e. The Morgan fingerprint density at radius 1 is 1.03 bits per heavy atom.